The predicted octanol–water partition coefficient (Wildman–Crippen LogP) is 4.08. The predicted molar refractivity (Wildman–Crippen MR) is 78.8 cm³/mol. The summed E-state index contributed by atoms with van der Waals surface area (Å²) in [6.07, 6.45) is 1.60. The number of nitrogens with zero attached hydrogens (tertiary/aromatic N) is 1. The number of rotatable bonds is 3. The van der Waals surface area contributed by atoms with Gasteiger partial charge in [0.1, 0.15) is 16.7 Å². The third-order valence-electron chi connectivity index (χ3n) is 2.66. The standard InChI is InChI=1S/C13H12BrClN2O2/c1-7(10-5-9(18)2-3-12(10)19)17-8-4-11(14)13(15)16-6-8/h2-7,17-19H,1H3. The molecule has 0 aliphatic carbocycles. The van der Waals surface area contributed by atoms with Crippen LogP contribution in [0.3, 0.4) is 0 Å². The number of hydrogen-bond donors (Lipinski definition) is 3. The van der Waals surface area contributed by atoms with Gasteiger partial charge in [0.25, 0.3) is 0 Å². The third-order valence-corrected chi connectivity index (χ3v) is 3.79. The van der Waals surface area contributed by atoms with E-state index in [4.69, 9.17) is 11.6 Å². The van der Waals surface area contributed by atoms with E-state index >= 15 is 0 Å². The van der Waals surface area contributed by atoms with E-state index < -0.39 is 0 Å². The van der Waals surface area contributed by atoms with Crippen LogP contribution in [-0.4, -0.2) is 15.2 Å². The minimum atomic E-state index is -0.193. The van der Waals surface area contributed by atoms with Crippen LogP contribution in [0.15, 0.2) is 34.9 Å². The van der Waals surface area contributed by atoms with E-state index in [1.807, 2.05) is 6.92 Å². The van der Waals surface area contributed by atoms with Crippen molar-refractivity contribution >= 4 is 33.2 Å². The summed E-state index contributed by atoms with van der Waals surface area (Å²) in [5.74, 6) is 0.232. The molecule has 1 atom stereocenters. The smallest absolute Gasteiger partial charge is 0.143 e. The molecule has 1 heterocycles. The minimum absolute atomic E-state index is 0.108. The molecule has 3 N–H and O–H groups in total. The summed E-state index contributed by atoms with van der Waals surface area (Å²) in [5, 5.41) is 22.8. The Morgan fingerprint density at radius 1 is 1.32 bits per heavy atom. The molecule has 1 aromatic heterocycles. The Morgan fingerprint density at radius 3 is 2.74 bits per heavy atom. The molecule has 0 fully saturated rings. The first-order valence-electron chi connectivity index (χ1n) is 5.57. The molecule has 0 bridgehead atoms. The number of nitrogens with one attached hydrogen (secondary N) is 1. The number of phenolic OH excluding ortho intramolecular Hbond substituents is 2. The molecule has 1 aromatic carbocycles. The highest BCUT2D eigenvalue weighted by Gasteiger charge is 2.12. The molecule has 0 spiro atoms. The van der Waals surface area contributed by atoms with Gasteiger partial charge in [0.2, 0.25) is 0 Å². The zero-order chi connectivity index (χ0) is 14.0. The number of halogens is 2. The van der Waals surface area contributed by atoms with Crippen molar-refractivity contribution in [3.8, 4) is 11.5 Å². The summed E-state index contributed by atoms with van der Waals surface area (Å²) in [4.78, 5) is 4.01. The van der Waals surface area contributed by atoms with E-state index in [1.165, 1.54) is 18.2 Å². The van der Waals surface area contributed by atoms with Gasteiger partial charge in [-0.3, -0.25) is 0 Å². The lowest BCUT2D eigenvalue weighted by Crippen LogP contribution is -2.07. The van der Waals surface area contributed by atoms with Crippen molar-refractivity contribution in [1.29, 1.82) is 0 Å². The number of anilines is 1. The Hall–Kier alpha value is -1.46. The molecule has 100 valence electrons. The Balaban J connectivity index is 2.22. The zero-order valence-corrected chi connectivity index (χ0v) is 12.4. The van der Waals surface area contributed by atoms with Gasteiger partial charge in [-0.05, 0) is 47.1 Å². The summed E-state index contributed by atoms with van der Waals surface area (Å²) in [6.45, 7) is 1.87. The second-order valence-corrected chi connectivity index (χ2v) is 5.32. The molecule has 4 nitrogen and oxygen atoms in total. The lowest BCUT2D eigenvalue weighted by Gasteiger charge is -2.17. The molecule has 0 radical (unpaired) electrons. The highest BCUT2D eigenvalue weighted by atomic mass is 79.9. The van der Waals surface area contributed by atoms with E-state index in [1.54, 1.807) is 12.3 Å². The Labute approximate surface area is 124 Å². The van der Waals surface area contributed by atoms with Gasteiger partial charge in [-0.2, -0.15) is 0 Å². The number of benzene rings is 1. The molecule has 0 aliphatic heterocycles. The van der Waals surface area contributed by atoms with Gasteiger partial charge in [0, 0.05) is 5.56 Å². The van der Waals surface area contributed by atoms with Gasteiger partial charge in [-0.15, -0.1) is 0 Å². The van der Waals surface area contributed by atoms with Crippen molar-refractivity contribution in [2.75, 3.05) is 5.32 Å². The summed E-state index contributed by atoms with van der Waals surface area (Å²) in [5.41, 5.74) is 1.36. The number of phenols is 2. The van der Waals surface area contributed by atoms with Crippen LogP contribution in [-0.2, 0) is 0 Å². The van der Waals surface area contributed by atoms with Crippen molar-refractivity contribution < 1.29 is 10.2 Å². The number of pyridine rings is 1. The summed E-state index contributed by atoms with van der Waals surface area (Å²) in [7, 11) is 0. The average molecular weight is 344 g/mol. The maximum absolute atomic E-state index is 9.78. The number of aromatic hydroxyl groups is 2. The third kappa shape index (κ3) is 3.30. The van der Waals surface area contributed by atoms with Crippen molar-refractivity contribution in [3.63, 3.8) is 0 Å². The molecule has 19 heavy (non-hydrogen) atoms. The fourth-order valence-electron chi connectivity index (χ4n) is 1.72. The summed E-state index contributed by atoms with van der Waals surface area (Å²) < 4.78 is 0.687. The first kappa shape index (κ1) is 14.0. The van der Waals surface area contributed by atoms with E-state index in [0.29, 0.717) is 15.2 Å². The van der Waals surface area contributed by atoms with Crippen molar-refractivity contribution in [1.82, 2.24) is 4.98 Å². The second-order valence-electron chi connectivity index (χ2n) is 4.11. The van der Waals surface area contributed by atoms with Crippen molar-refractivity contribution in [3.05, 3.63) is 45.7 Å². The topological polar surface area (TPSA) is 65.4 Å². The van der Waals surface area contributed by atoms with Gasteiger partial charge < -0.3 is 15.5 Å². The fourth-order valence-corrected chi connectivity index (χ4v) is 2.17. The largest absolute Gasteiger partial charge is 0.508 e. The monoisotopic (exact) mass is 342 g/mol. The lowest BCUT2D eigenvalue weighted by atomic mass is 10.1. The number of aromatic nitrogens is 1. The first-order chi connectivity index (χ1) is 8.97. The van der Waals surface area contributed by atoms with Crippen LogP contribution >= 0.6 is 27.5 Å². The molecule has 6 heteroatoms. The molecular formula is C13H12BrClN2O2. The van der Waals surface area contributed by atoms with Gasteiger partial charge in [0.05, 0.1) is 22.4 Å². The van der Waals surface area contributed by atoms with Gasteiger partial charge in [-0.1, -0.05) is 11.6 Å². The van der Waals surface area contributed by atoms with Crippen LogP contribution in [0.25, 0.3) is 0 Å². The molecule has 1 unspecified atom stereocenters. The van der Waals surface area contributed by atoms with E-state index in [0.717, 1.165) is 5.69 Å². The Bertz CT molecular complexity index is 607. The molecule has 0 aliphatic rings. The van der Waals surface area contributed by atoms with Crippen LogP contribution in [0.2, 0.25) is 5.15 Å². The van der Waals surface area contributed by atoms with Gasteiger partial charge in [-0.25, -0.2) is 4.98 Å². The fraction of sp³-hybridized carbons (Fsp3) is 0.154. The Kier molecular flexibility index (Phi) is 4.17. The molecular weight excluding hydrogens is 332 g/mol. The summed E-state index contributed by atoms with van der Waals surface area (Å²) >= 11 is 9.12. The van der Waals surface area contributed by atoms with Crippen LogP contribution in [0.4, 0.5) is 5.69 Å². The highest BCUT2D eigenvalue weighted by Crippen LogP contribution is 2.31. The molecule has 2 rings (SSSR count). The average Bonchev–Trinajstić information content (AvgIpc) is 2.36. The van der Waals surface area contributed by atoms with E-state index in [-0.39, 0.29) is 17.5 Å². The molecule has 0 amide bonds. The van der Waals surface area contributed by atoms with Crippen LogP contribution in [0, 0.1) is 0 Å². The van der Waals surface area contributed by atoms with E-state index in [2.05, 4.69) is 26.2 Å². The molecule has 0 saturated heterocycles. The van der Waals surface area contributed by atoms with Crippen molar-refractivity contribution in [2.45, 2.75) is 13.0 Å². The van der Waals surface area contributed by atoms with Crippen LogP contribution < -0.4 is 5.32 Å². The Morgan fingerprint density at radius 2 is 2.05 bits per heavy atom. The maximum Gasteiger partial charge on any atom is 0.143 e. The van der Waals surface area contributed by atoms with Gasteiger partial charge >= 0.3 is 0 Å². The van der Waals surface area contributed by atoms with Gasteiger partial charge in [0.15, 0.2) is 0 Å². The van der Waals surface area contributed by atoms with Crippen LogP contribution in [0.5, 0.6) is 11.5 Å². The molecule has 0 saturated carbocycles. The lowest BCUT2D eigenvalue weighted by molar-refractivity contribution is 0.451. The quantitative estimate of drug-likeness (QED) is 0.580. The molecule has 2 aromatic rings. The maximum atomic E-state index is 9.78. The summed E-state index contributed by atoms with van der Waals surface area (Å²) in [6, 6.07) is 6.02. The van der Waals surface area contributed by atoms with Crippen LogP contribution in [0.1, 0.15) is 18.5 Å². The first-order valence-corrected chi connectivity index (χ1v) is 6.74. The van der Waals surface area contributed by atoms with E-state index in [9.17, 15) is 10.2 Å². The highest BCUT2D eigenvalue weighted by molar-refractivity contribution is 9.10. The second kappa shape index (κ2) is 5.67. The van der Waals surface area contributed by atoms with Crippen molar-refractivity contribution in [2.24, 2.45) is 0 Å². The SMILES string of the molecule is CC(Nc1cnc(Cl)c(Br)c1)c1cc(O)ccc1O. The normalized spacial score (nSPS) is 12.2. The number of hydrogen-bond acceptors (Lipinski definition) is 4. The minimum Gasteiger partial charge on any atom is -0.508 e. The zero-order valence-electron chi connectivity index (χ0n) is 10.1.